The van der Waals surface area contributed by atoms with E-state index >= 15 is 0 Å². The SMILES string of the molecule is FC1(F)C(F)(F)C(F)(F)C(F)(c2cc3cc(Br)ccc3[nH]2)C(F)(F)C1(F)F. The van der Waals surface area contributed by atoms with E-state index in [1.165, 1.54) is 6.07 Å². The van der Waals surface area contributed by atoms with Gasteiger partial charge in [0.15, 0.2) is 0 Å². The molecule has 0 unspecified atom stereocenters. The van der Waals surface area contributed by atoms with Crippen LogP contribution in [0.1, 0.15) is 5.69 Å². The Labute approximate surface area is 150 Å². The molecular weight excluding hydrogens is 471 g/mol. The van der Waals surface area contributed by atoms with Crippen LogP contribution in [-0.2, 0) is 5.67 Å². The Hall–Kier alpha value is -1.53. The van der Waals surface area contributed by atoms with E-state index in [0.29, 0.717) is 0 Å². The summed E-state index contributed by atoms with van der Waals surface area (Å²) < 4.78 is 152. The third-order valence-corrected chi connectivity index (χ3v) is 4.89. The van der Waals surface area contributed by atoms with Gasteiger partial charge in [-0.2, -0.15) is 43.9 Å². The van der Waals surface area contributed by atoms with Crippen LogP contribution in [0.2, 0.25) is 0 Å². The lowest BCUT2D eigenvalue weighted by molar-refractivity contribution is -0.489. The van der Waals surface area contributed by atoms with E-state index in [9.17, 15) is 48.3 Å². The minimum atomic E-state index is -7.22. The molecule has 1 aromatic carbocycles. The Morgan fingerprint density at radius 2 is 1.07 bits per heavy atom. The molecule has 0 atom stereocenters. The number of H-pyrrole nitrogens is 1. The fourth-order valence-corrected chi connectivity index (χ4v) is 3.23. The van der Waals surface area contributed by atoms with Crippen molar-refractivity contribution in [3.8, 4) is 0 Å². The summed E-state index contributed by atoms with van der Waals surface area (Å²) in [6.45, 7) is 0. The largest absolute Gasteiger partial charge is 0.384 e. The van der Waals surface area contributed by atoms with E-state index in [2.05, 4.69) is 15.9 Å². The maximum atomic E-state index is 14.9. The monoisotopic (exact) mass is 475 g/mol. The van der Waals surface area contributed by atoms with Crippen LogP contribution in [0.4, 0.5) is 48.3 Å². The van der Waals surface area contributed by atoms with Crippen LogP contribution in [0.15, 0.2) is 28.7 Å². The summed E-state index contributed by atoms with van der Waals surface area (Å²) in [5.74, 6) is -35.3. The smallest absolute Gasteiger partial charge is 0.355 e. The molecule has 0 radical (unpaired) electrons. The second kappa shape index (κ2) is 5.09. The van der Waals surface area contributed by atoms with E-state index in [-0.39, 0.29) is 21.4 Å². The van der Waals surface area contributed by atoms with Crippen LogP contribution in [0.25, 0.3) is 10.9 Å². The number of hydrogen-bond donors (Lipinski definition) is 1. The fraction of sp³-hybridized carbons (Fsp3) is 0.429. The molecule has 3 rings (SSSR count). The standard InChI is InChI=1S/C14H5BrF11N/c15-6-1-2-7-5(3-6)4-8(27-7)9(16)10(17,18)12(21,22)14(25,26)13(23,24)11(9,19)20/h1-4,27H. The molecule has 0 aliphatic heterocycles. The van der Waals surface area contributed by atoms with E-state index in [0.717, 1.165) is 12.1 Å². The van der Waals surface area contributed by atoms with Gasteiger partial charge in [0.05, 0.1) is 5.69 Å². The molecule has 1 N–H and O–H groups in total. The fourth-order valence-electron chi connectivity index (χ4n) is 2.85. The molecule has 0 saturated heterocycles. The van der Waals surface area contributed by atoms with Crippen LogP contribution in [0, 0.1) is 0 Å². The molecule has 0 spiro atoms. The molecule has 0 bridgehead atoms. The number of halogens is 12. The number of aromatic nitrogens is 1. The highest BCUT2D eigenvalue weighted by molar-refractivity contribution is 9.10. The van der Waals surface area contributed by atoms with Crippen LogP contribution in [0.3, 0.4) is 0 Å². The Morgan fingerprint density at radius 3 is 1.56 bits per heavy atom. The first-order chi connectivity index (χ1) is 12.0. The van der Waals surface area contributed by atoms with Gasteiger partial charge in [0.2, 0.25) is 0 Å². The normalized spacial score (nSPS) is 26.8. The molecule has 1 nitrogen and oxygen atoms in total. The maximum absolute atomic E-state index is 14.9. The summed E-state index contributed by atoms with van der Waals surface area (Å²) in [7, 11) is 0. The van der Waals surface area contributed by atoms with Crippen molar-refractivity contribution in [2.75, 3.05) is 0 Å². The number of rotatable bonds is 1. The van der Waals surface area contributed by atoms with Gasteiger partial charge in [0, 0.05) is 15.4 Å². The van der Waals surface area contributed by atoms with Crippen LogP contribution >= 0.6 is 15.9 Å². The molecule has 1 aliphatic rings. The molecular formula is C14H5BrF11N. The zero-order valence-electron chi connectivity index (χ0n) is 12.3. The lowest BCUT2D eigenvalue weighted by Gasteiger charge is -2.52. The molecule has 0 amide bonds. The van der Waals surface area contributed by atoms with Gasteiger partial charge >= 0.3 is 29.6 Å². The Bertz CT molecular complexity index is 887. The number of nitrogens with one attached hydrogen (secondary N) is 1. The summed E-state index contributed by atoms with van der Waals surface area (Å²) in [6, 6.07) is 3.42. The molecule has 150 valence electrons. The van der Waals surface area contributed by atoms with Gasteiger partial charge in [-0.25, -0.2) is 4.39 Å². The van der Waals surface area contributed by atoms with Crippen molar-refractivity contribution in [1.29, 1.82) is 0 Å². The summed E-state index contributed by atoms with van der Waals surface area (Å²) in [5.41, 5.74) is -8.62. The maximum Gasteiger partial charge on any atom is 0.384 e. The molecule has 2 aromatic rings. The summed E-state index contributed by atoms with van der Waals surface area (Å²) in [5, 5.41) is -0.299. The van der Waals surface area contributed by atoms with Gasteiger partial charge in [-0.15, -0.1) is 0 Å². The van der Waals surface area contributed by atoms with Crippen molar-refractivity contribution in [1.82, 2.24) is 4.98 Å². The Morgan fingerprint density at radius 1 is 0.630 bits per heavy atom. The van der Waals surface area contributed by atoms with Gasteiger partial charge < -0.3 is 4.98 Å². The van der Waals surface area contributed by atoms with E-state index in [4.69, 9.17) is 0 Å². The minimum absolute atomic E-state index is 0.150. The average Bonchev–Trinajstić information content (AvgIpc) is 2.95. The molecule has 1 saturated carbocycles. The molecule has 1 aromatic heterocycles. The third-order valence-electron chi connectivity index (χ3n) is 4.40. The number of alkyl halides is 11. The first kappa shape index (κ1) is 20.2. The summed E-state index contributed by atoms with van der Waals surface area (Å²) in [4.78, 5) is 1.58. The zero-order valence-corrected chi connectivity index (χ0v) is 13.9. The van der Waals surface area contributed by atoms with Crippen molar-refractivity contribution in [2.24, 2.45) is 0 Å². The first-order valence-electron chi connectivity index (χ1n) is 6.83. The number of hydrogen-bond acceptors (Lipinski definition) is 0. The van der Waals surface area contributed by atoms with E-state index in [1.54, 1.807) is 4.98 Å². The van der Waals surface area contributed by atoms with Gasteiger partial charge in [-0.3, -0.25) is 0 Å². The van der Waals surface area contributed by atoms with Crippen molar-refractivity contribution >= 4 is 26.8 Å². The molecule has 13 heteroatoms. The molecule has 1 heterocycles. The van der Waals surface area contributed by atoms with E-state index < -0.39 is 41.0 Å². The molecule has 27 heavy (non-hydrogen) atoms. The van der Waals surface area contributed by atoms with Crippen molar-refractivity contribution in [3.63, 3.8) is 0 Å². The van der Waals surface area contributed by atoms with Crippen molar-refractivity contribution in [2.45, 2.75) is 35.3 Å². The van der Waals surface area contributed by atoms with Gasteiger partial charge in [-0.1, -0.05) is 15.9 Å². The highest BCUT2D eigenvalue weighted by Crippen LogP contribution is 2.72. The average molecular weight is 476 g/mol. The Balaban J connectivity index is 2.39. The lowest BCUT2D eigenvalue weighted by Crippen LogP contribution is -2.82. The lowest BCUT2D eigenvalue weighted by atomic mass is 9.70. The first-order valence-corrected chi connectivity index (χ1v) is 7.63. The number of aromatic amines is 1. The second-order valence-electron chi connectivity index (χ2n) is 5.95. The highest BCUT2D eigenvalue weighted by Gasteiger charge is 3.01. The Kier molecular flexibility index (Phi) is 3.81. The second-order valence-corrected chi connectivity index (χ2v) is 6.86. The topological polar surface area (TPSA) is 15.8 Å². The zero-order chi connectivity index (χ0) is 20.8. The molecule has 1 aliphatic carbocycles. The van der Waals surface area contributed by atoms with Gasteiger partial charge in [0.1, 0.15) is 0 Å². The van der Waals surface area contributed by atoms with Crippen LogP contribution < -0.4 is 0 Å². The summed E-state index contributed by atoms with van der Waals surface area (Å²) in [6.07, 6.45) is 0. The van der Waals surface area contributed by atoms with E-state index in [1.807, 2.05) is 0 Å². The minimum Gasteiger partial charge on any atom is -0.355 e. The van der Waals surface area contributed by atoms with Crippen molar-refractivity contribution < 1.29 is 48.3 Å². The predicted molar refractivity (Wildman–Crippen MR) is 73.5 cm³/mol. The van der Waals surface area contributed by atoms with Crippen LogP contribution in [0.5, 0.6) is 0 Å². The van der Waals surface area contributed by atoms with Gasteiger partial charge in [-0.05, 0) is 24.3 Å². The predicted octanol–water partition coefficient (Wildman–Crippen LogP) is 6.29. The quantitative estimate of drug-likeness (QED) is 0.467. The third kappa shape index (κ3) is 1.96. The molecule has 1 fully saturated rings. The van der Waals surface area contributed by atoms with Crippen LogP contribution in [-0.4, -0.2) is 34.6 Å². The summed E-state index contributed by atoms with van der Waals surface area (Å²) >= 11 is 2.90. The highest BCUT2D eigenvalue weighted by atomic mass is 79.9. The number of fused-ring (bicyclic) bond motifs is 1. The van der Waals surface area contributed by atoms with Gasteiger partial charge in [0.25, 0.3) is 5.67 Å². The number of benzene rings is 1. The van der Waals surface area contributed by atoms with Crippen molar-refractivity contribution in [3.05, 3.63) is 34.4 Å².